The monoisotopic (exact) mass is 592 g/mol. The van der Waals surface area contributed by atoms with Gasteiger partial charge in [0.15, 0.2) is 0 Å². The second kappa shape index (κ2) is 12.9. The number of hydrogen-bond donors (Lipinski definition) is 1. The van der Waals surface area contributed by atoms with Gasteiger partial charge in [-0.2, -0.15) is 14.6 Å². The van der Waals surface area contributed by atoms with Gasteiger partial charge in [0, 0.05) is 56.9 Å². The number of halogens is 2. The number of primary amides is 1. The number of aromatic nitrogens is 4. The van der Waals surface area contributed by atoms with Gasteiger partial charge in [0.2, 0.25) is 5.95 Å². The second-order valence-corrected chi connectivity index (χ2v) is 10.5. The topological polar surface area (TPSA) is 125 Å². The summed E-state index contributed by atoms with van der Waals surface area (Å²) in [6.45, 7) is 3.34. The van der Waals surface area contributed by atoms with Crippen LogP contribution in [-0.2, 0) is 20.8 Å². The molecule has 1 fully saturated rings. The average Bonchev–Trinajstić information content (AvgIpc) is 3.52. The molecule has 218 valence electrons. The zero-order valence-corrected chi connectivity index (χ0v) is 23.9. The summed E-state index contributed by atoms with van der Waals surface area (Å²) in [5.41, 5.74) is 9.38. The number of benzene rings is 1. The SMILES string of the molecule is COCCN1C[C@@H](CC(=O)Cc2c(C)c(-c3cnc(C(N)=O)c(Cl)c3)nn2-c2ccccc2)[C@H](c2ccnc(F)c2)O1. The number of amides is 1. The van der Waals surface area contributed by atoms with Gasteiger partial charge < -0.3 is 10.5 Å². The Balaban J connectivity index is 1.44. The molecule has 2 atom stereocenters. The standard InChI is InChI=1S/C30H30ClFN6O4/c1-18-25(15-23(39)12-21-17-37(10-11-41-2)42-29(21)19-8-9-34-26(32)14-19)38(22-6-4-3-5-7-22)36-27(18)20-13-24(31)28(30(33)40)35-16-20/h3-9,13-14,16,21,29H,10-12,15,17H2,1-2H3,(H2,33,40)/t21-,29+/m1/s1. The quantitative estimate of drug-likeness (QED) is 0.256. The number of methoxy groups -OCH3 is 1. The zero-order valence-electron chi connectivity index (χ0n) is 23.2. The van der Waals surface area contributed by atoms with Crippen LogP contribution in [0, 0.1) is 18.8 Å². The van der Waals surface area contributed by atoms with E-state index in [1.165, 1.54) is 18.5 Å². The molecule has 12 heteroatoms. The van der Waals surface area contributed by atoms with Crippen molar-refractivity contribution in [3.63, 3.8) is 0 Å². The van der Waals surface area contributed by atoms with Crippen molar-refractivity contribution >= 4 is 23.3 Å². The van der Waals surface area contributed by atoms with E-state index in [1.54, 1.807) is 29.0 Å². The van der Waals surface area contributed by atoms with Crippen molar-refractivity contribution in [1.29, 1.82) is 0 Å². The molecule has 1 aromatic carbocycles. The molecule has 1 aliphatic rings. The fraction of sp³-hybridized carbons (Fsp3) is 0.300. The minimum Gasteiger partial charge on any atom is -0.383 e. The summed E-state index contributed by atoms with van der Waals surface area (Å²) in [5.74, 6) is -1.57. The lowest BCUT2D eigenvalue weighted by Crippen LogP contribution is -2.24. The van der Waals surface area contributed by atoms with Crippen LogP contribution in [0.2, 0.25) is 5.02 Å². The fourth-order valence-corrected chi connectivity index (χ4v) is 5.44. The number of ketones is 1. The molecule has 0 radical (unpaired) electrons. The van der Waals surface area contributed by atoms with Gasteiger partial charge in [-0.15, -0.1) is 0 Å². The molecule has 10 nitrogen and oxygen atoms in total. The van der Waals surface area contributed by atoms with E-state index in [9.17, 15) is 14.0 Å². The summed E-state index contributed by atoms with van der Waals surface area (Å²) in [7, 11) is 1.61. The van der Waals surface area contributed by atoms with Gasteiger partial charge in [0.25, 0.3) is 5.91 Å². The van der Waals surface area contributed by atoms with Gasteiger partial charge in [0.05, 0.1) is 28.7 Å². The molecule has 1 amide bonds. The number of carbonyl (C=O) groups excluding carboxylic acids is 2. The molecule has 1 aliphatic heterocycles. The maximum atomic E-state index is 14.0. The Kier molecular flexibility index (Phi) is 9.03. The number of Topliss-reactive ketones (excluding diaryl/α,β-unsaturated/α-hetero) is 1. The third kappa shape index (κ3) is 6.39. The highest BCUT2D eigenvalue weighted by Gasteiger charge is 2.37. The van der Waals surface area contributed by atoms with Crippen LogP contribution in [0.3, 0.4) is 0 Å². The number of para-hydroxylation sites is 1. The van der Waals surface area contributed by atoms with Crippen molar-refractivity contribution in [3.8, 4) is 16.9 Å². The number of pyridine rings is 2. The highest BCUT2D eigenvalue weighted by Crippen LogP contribution is 2.37. The van der Waals surface area contributed by atoms with E-state index in [4.69, 9.17) is 32.0 Å². The molecule has 1 saturated heterocycles. The molecular weight excluding hydrogens is 563 g/mol. The van der Waals surface area contributed by atoms with Crippen LogP contribution in [0.5, 0.6) is 0 Å². The maximum Gasteiger partial charge on any atom is 0.268 e. The molecule has 5 rings (SSSR count). The highest BCUT2D eigenvalue weighted by atomic mass is 35.5. The van der Waals surface area contributed by atoms with Gasteiger partial charge in [-0.25, -0.2) is 14.6 Å². The summed E-state index contributed by atoms with van der Waals surface area (Å²) in [4.78, 5) is 39.2. The van der Waals surface area contributed by atoms with Crippen LogP contribution in [0.15, 0.2) is 60.9 Å². The van der Waals surface area contributed by atoms with Gasteiger partial charge in [0.1, 0.15) is 17.6 Å². The zero-order chi connectivity index (χ0) is 29.8. The average molecular weight is 593 g/mol. The van der Waals surface area contributed by atoms with Gasteiger partial charge in [-0.05, 0) is 48.4 Å². The number of nitrogens with two attached hydrogens (primary N) is 1. The molecule has 0 spiro atoms. The van der Waals surface area contributed by atoms with Crippen molar-refractivity contribution < 1.29 is 23.6 Å². The van der Waals surface area contributed by atoms with Crippen molar-refractivity contribution in [3.05, 3.63) is 94.4 Å². The number of nitrogens with zero attached hydrogens (tertiary/aromatic N) is 5. The minimum atomic E-state index is -0.728. The summed E-state index contributed by atoms with van der Waals surface area (Å²) in [6, 6.07) is 14.1. The van der Waals surface area contributed by atoms with E-state index in [0.29, 0.717) is 42.2 Å². The third-order valence-electron chi connectivity index (χ3n) is 7.20. The first kappa shape index (κ1) is 29.5. The summed E-state index contributed by atoms with van der Waals surface area (Å²) in [6.07, 6.45) is 2.68. The van der Waals surface area contributed by atoms with Crippen LogP contribution < -0.4 is 5.73 Å². The van der Waals surface area contributed by atoms with E-state index >= 15 is 0 Å². The van der Waals surface area contributed by atoms with Crippen molar-refractivity contribution in [2.45, 2.75) is 25.9 Å². The number of carbonyl (C=O) groups is 2. The second-order valence-electron chi connectivity index (χ2n) is 10.1. The molecule has 4 aromatic rings. The summed E-state index contributed by atoms with van der Waals surface area (Å²) >= 11 is 6.28. The first-order chi connectivity index (χ1) is 20.2. The van der Waals surface area contributed by atoms with Gasteiger partial charge in [-0.3, -0.25) is 14.4 Å². The molecule has 4 heterocycles. The smallest absolute Gasteiger partial charge is 0.268 e. The number of hydroxylamine groups is 2. The molecule has 42 heavy (non-hydrogen) atoms. The van der Waals surface area contributed by atoms with E-state index in [-0.39, 0.29) is 35.3 Å². The van der Waals surface area contributed by atoms with E-state index in [0.717, 1.165) is 11.3 Å². The van der Waals surface area contributed by atoms with Crippen LogP contribution in [-0.4, -0.2) is 63.3 Å². The molecule has 0 saturated carbocycles. The molecule has 2 N–H and O–H groups in total. The fourth-order valence-electron chi connectivity index (χ4n) is 5.18. The molecular formula is C30H30ClFN6O4. The Morgan fingerprint density at radius 2 is 1.98 bits per heavy atom. The van der Waals surface area contributed by atoms with E-state index in [1.807, 2.05) is 37.3 Å². The largest absolute Gasteiger partial charge is 0.383 e. The van der Waals surface area contributed by atoms with Crippen LogP contribution in [0.1, 0.15) is 39.8 Å². The Bertz CT molecular complexity index is 1600. The van der Waals surface area contributed by atoms with Crippen LogP contribution in [0.25, 0.3) is 16.9 Å². The van der Waals surface area contributed by atoms with Gasteiger partial charge >= 0.3 is 0 Å². The molecule has 3 aromatic heterocycles. The van der Waals surface area contributed by atoms with Crippen molar-refractivity contribution in [2.75, 3.05) is 26.8 Å². The number of ether oxygens (including phenoxy) is 1. The Morgan fingerprint density at radius 1 is 1.19 bits per heavy atom. The third-order valence-corrected chi connectivity index (χ3v) is 7.49. The van der Waals surface area contributed by atoms with Crippen LogP contribution in [0.4, 0.5) is 4.39 Å². The van der Waals surface area contributed by atoms with E-state index in [2.05, 4.69) is 9.97 Å². The number of rotatable bonds is 11. The summed E-state index contributed by atoms with van der Waals surface area (Å²) < 4.78 is 20.9. The Morgan fingerprint density at radius 3 is 2.67 bits per heavy atom. The minimum absolute atomic E-state index is 0.0244. The van der Waals surface area contributed by atoms with Crippen molar-refractivity contribution in [1.82, 2.24) is 24.8 Å². The highest BCUT2D eigenvalue weighted by molar-refractivity contribution is 6.33. The van der Waals surface area contributed by atoms with E-state index < -0.39 is 18.0 Å². The van der Waals surface area contributed by atoms with Gasteiger partial charge in [-0.1, -0.05) is 29.8 Å². The van der Waals surface area contributed by atoms with Crippen molar-refractivity contribution in [2.24, 2.45) is 11.7 Å². The normalized spacial score (nSPS) is 17.0. The Labute approximate surface area is 247 Å². The summed E-state index contributed by atoms with van der Waals surface area (Å²) in [5, 5.41) is 6.70. The number of hydrogen-bond acceptors (Lipinski definition) is 8. The lowest BCUT2D eigenvalue weighted by molar-refractivity contribution is -0.155. The predicted octanol–water partition coefficient (Wildman–Crippen LogP) is 4.28. The molecule has 0 bridgehead atoms. The predicted molar refractivity (Wildman–Crippen MR) is 153 cm³/mol. The lowest BCUT2D eigenvalue weighted by Gasteiger charge is -2.17. The maximum absolute atomic E-state index is 14.0. The first-order valence-corrected chi connectivity index (χ1v) is 13.8. The first-order valence-electron chi connectivity index (χ1n) is 13.4. The Hall–Kier alpha value is -4.03. The molecule has 0 aliphatic carbocycles. The van der Waals surface area contributed by atoms with Crippen LogP contribution >= 0.6 is 11.6 Å². The lowest BCUT2D eigenvalue weighted by atomic mass is 9.91. The molecule has 0 unspecified atom stereocenters.